The Kier molecular flexibility index (Phi) is 5.28. The van der Waals surface area contributed by atoms with Crippen LogP contribution in [0.1, 0.15) is 25.8 Å². The van der Waals surface area contributed by atoms with Crippen LogP contribution in [0.25, 0.3) is 11.4 Å². The highest BCUT2D eigenvalue weighted by Crippen LogP contribution is 2.17. The van der Waals surface area contributed by atoms with Crippen molar-refractivity contribution in [2.75, 3.05) is 6.61 Å². The maximum Gasteiger partial charge on any atom is 0.159 e. The average Bonchev–Trinajstić information content (AvgIpc) is 2.47. The van der Waals surface area contributed by atoms with E-state index in [1.54, 1.807) is 0 Å². The zero-order valence-electron chi connectivity index (χ0n) is 12.3. The first-order chi connectivity index (χ1) is 10.00. The number of rotatable bonds is 6. The molecule has 2 N–H and O–H groups in total. The Balaban J connectivity index is 2.00. The van der Waals surface area contributed by atoms with E-state index in [0.29, 0.717) is 23.8 Å². The van der Waals surface area contributed by atoms with Gasteiger partial charge in [0.05, 0.1) is 0 Å². The van der Waals surface area contributed by atoms with Gasteiger partial charge < -0.3 is 10.4 Å². The maximum atomic E-state index is 9.01. The van der Waals surface area contributed by atoms with Crippen molar-refractivity contribution in [3.8, 4) is 11.4 Å². The lowest BCUT2D eigenvalue weighted by Gasteiger charge is -2.25. The normalized spacial score (nSPS) is 11.6. The molecule has 0 fully saturated rings. The summed E-state index contributed by atoms with van der Waals surface area (Å²) in [6.45, 7) is 4.97. The lowest BCUT2D eigenvalue weighted by molar-refractivity contribution is 0.230. The van der Waals surface area contributed by atoms with Gasteiger partial charge in [0, 0.05) is 47.2 Å². The van der Waals surface area contributed by atoms with Crippen molar-refractivity contribution < 1.29 is 5.11 Å². The fraction of sp³-hybridized carbons (Fsp3) is 0.375. The van der Waals surface area contributed by atoms with Gasteiger partial charge in [-0.1, -0.05) is 11.6 Å². The van der Waals surface area contributed by atoms with Crippen LogP contribution in [0.5, 0.6) is 0 Å². The third-order valence-electron chi connectivity index (χ3n) is 3.32. The number of hydrogen-bond donors (Lipinski definition) is 2. The Morgan fingerprint density at radius 1 is 1.14 bits per heavy atom. The van der Waals surface area contributed by atoms with Crippen LogP contribution in [0.15, 0.2) is 36.7 Å². The van der Waals surface area contributed by atoms with E-state index in [2.05, 4.69) is 29.1 Å². The molecule has 2 rings (SSSR count). The fourth-order valence-electron chi connectivity index (χ4n) is 1.90. The molecule has 0 bridgehead atoms. The molecule has 1 aromatic carbocycles. The van der Waals surface area contributed by atoms with Crippen LogP contribution in [-0.2, 0) is 6.54 Å². The monoisotopic (exact) mass is 305 g/mol. The van der Waals surface area contributed by atoms with Crippen LogP contribution in [0.4, 0.5) is 0 Å². The van der Waals surface area contributed by atoms with Gasteiger partial charge in [0.2, 0.25) is 0 Å². The first-order valence-corrected chi connectivity index (χ1v) is 7.31. The van der Waals surface area contributed by atoms with E-state index in [0.717, 1.165) is 11.1 Å². The number of nitrogens with zero attached hydrogens (tertiary/aromatic N) is 2. The van der Waals surface area contributed by atoms with E-state index >= 15 is 0 Å². The predicted octanol–water partition coefficient (Wildman–Crippen LogP) is 3.05. The van der Waals surface area contributed by atoms with Crippen LogP contribution in [0.3, 0.4) is 0 Å². The summed E-state index contributed by atoms with van der Waals surface area (Å²) in [4.78, 5) is 8.76. The molecule has 0 aliphatic carbocycles. The SMILES string of the molecule is CC(C)(CCO)NCc1cnc(-c2ccc(Cl)cc2)nc1. The maximum absolute atomic E-state index is 9.01. The number of aliphatic hydroxyl groups is 1. The average molecular weight is 306 g/mol. The molecule has 0 saturated carbocycles. The number of hydrogen-bond acceptors (Lipinski definition) is 4. The van der Waals surface area contributed by atoms with Gasteiger partial charge in [-0.3, -0.25) is 0 Å². The molecule has 0 atom stereocenters. The van der Waals surface area contributed by atoms with E-state index < -0.39 is 0 Å². The van der Waals surface area contributed by atoms with E-state index in [1.807, 2.05) is 36.7 Å². The Hall–Kier alpha value is -1.49. The van der Waals surface area contributed by atoms with Crippen LogP contribution in [0.2, 0.25) is 5.02 Å². The summed E-state index contributed by atoms with van der Waals surface area (Å²) in [6, 6.07) is 7.46. The van der Waals surface area contributed by atoms with E-state index in [9.17, 15) is 0 Å². The molecular formula is C16H20ClN3O. The van der Waals surface area contributed by atoms with Crippen molar-refractivity contribution >= 4 is 11.6 Å². The second-order valence-electron chi connectivity index (χ2n) is 5.63. The quantitative estimate of drug-likeness (QED) is 0.861. The first-order valence-electron chi connectivity index (χ1n) is 6.93. The molecule has 0 aliphatic rings. The second-order valence-corrected chi connectivity index (χ2v) is 6.07. The minimum atomic E-state index is -0.108. The summed E-state index contributed by atoms with van der Waals surface area (Å²) in [6.07, 6.45) is 4.34. The van der Waals surface area contributed by atoms with E-state index in [1.165, 1.54) is 0 Å². The van der Waals surface area contributed by atoms with Crippen LogP contribution >= 0.6 is 11.6 Å². The van der Waals surface area contributed by atoms with Crippen molar-refractivity contribution in [2.24, 2.45) is 0 Å². The molecule has 1 aromatic heterocycles. The number of aromatic nitrogens is 2. The van der Waals surface area contributed by atoms with Crippen LogP contribution in [0, 0.1) is 0 Å². The molecule has 21 heavy (non-hydrogen) atoms. The Bertz CT molecular complexity index is 567. The third-order valence-corrected chi connectivity index (χ3v) is 3.57. The molecule has 112 valence electrons. The zero-order chi connectivity index (χ0) is 15.3. The van der Waals surface area contributed by atoms with Gasteiger partial charge in [-0.05, 0) is 44.5 Å². The minimum absolute atomic E-state index is 0.108. The molecule has 5 heteroatoms. The lowest BCUT2D eigenvalue weighted by Crippen LogP contribution is -2.39. The molecule has 0 amide bonds. The van der Waals surface area contributed by atoms with Crippen molar-refractivity contribution in [3.05, 3.63) is 47.2 Å². The molecule has 0 aliphatic heterocycles. The summed E-state index contributed by atoms with van der Waals surface area (Å²) in [5.41, 5.74) is 1.85. The Morgan fingerprint density at radius 2 is 1.76 bits per heavy atom. The van der Waals surface area contributed by atoms with Gasteiger partial charge in [0.15, 0.2) is 5.82 Å². The number of nitrogens with one attached hydrogen (secondary N) is 1. The van der Waals surface area contributed by atoms with E-state index in [4.69, 9.17) is 16.7 Å². The molecular weight excluding hydrogens is 286 g/mol. The minimum Gasteiger partial charge on any atom is -0.396 e. The Morgan fingerprint density at radius 3 is 2.33 bits per heavy atom. The summed E-state index contributed by atoms with van der Waals surface area (Å²) in [7, 11) is 0. The summed E-state index contributed by atoms with van der Waals surface area (Å²) < 4.78 is 0. The number of benzene rings is 1. The molecule has 0 spiro atoms. The number of halogens is 1. The van der Waals surface area contributed by atoms with Crippen LogP contribution < -0.4 is 5.32 Å². The standard InChI is InChI=1S/C16H20ClN3O/c1-16(2,7-8-21)20-11-12-9-18-15(19-10-12)13-3-5-14(17)6-4-13/h3-6,9-10,20-21H,7-8,11H2,1-2H3. The largest absolute Gasteiger partial charge is 0.396 e. The van der Waals surface area contributed by atoms with Crippen molar-refractivity contribution in [2.45, 2.75) is 32.4 Å². The number of aliphatic hydroxyl groups excluding tert-OH is 1. The smallest absolute Gasteiger partial charge is 0.159 e. The van der Waals surface area contributed by atoms with Gasteiger partial charge in [0.25, 0.3) is 0 Å². The fourth-order valence-corrected chi connectivity index (χ4v) is 2.03. The van der Waals surface area contributed by atoms with Gasteiger partial charge >= 0.3 is 0 Å². The molecule has 2 aromatic rings. The molecule has 4 nitrogen and oxygen atoms in total. The predicted molar refractivity (Wildman–Crippen MR) is 85.1 cm³/mol. The summed E-state index contributed by atoms with van der Waals surface area (Å²) >= 11 is 5.87. The third kappa shape index (κ3) is 4.77. The summed E-state index contributed by atoms with van der Waals surface area (Å²) in [5, 5.41) is 13.1. The van der Waals surface area contributed by atoms with Gasteiger partial charge in [-0.25, -0.2) is 9.97 Å². The van der Waals surface area contributed by atoms with Crippen molar-refractivity contribution in [1.82, 2.24) is 15.3 Å². The zero-order valence-corrected chi connectivity index (χ0v) is 13.1. The van der Waals surface area contributed by atoms with Crippen molar-refractivity contribution in [1.29, 1.82) is 0 Å². The first kappa shape index (κ1) is 15.9. The van der Waals surface area contributed by atoms with E-state index in [-0.39, 0.29) is 12.1 Å². The lowest BCUT2D eigenvalue weighted by atomic mass is 10.0. The Labute approximate surface area is 130 Å². The second kappa shape index (κ2) is 6.98. The molecule has 0 unspecified atom stereocenters. The molecule has 0 saturated heterocycles. The highest BCUT2D eigenvalue weighted by molar-refractivity contribution is 6.30. The van der Waals surface area contributed by atoms with Gasteiger partial charge in [-0.2, -0.15) is 0 Å². The van der Waals surface area contributed by atoms with Gasteiger partial charge in [-0.15, -0.1) is 0 Å². The summed E-state index contributed by atoms with van der Waals surface area (Å²) in [5.74, 6) is 0.685. The topological polar surface area (TPSA) is 58.0 Å². The highest BCUT2D eigenvalue weighted by Gasteiger charge is 2.15. The van der Waals surface area contributed by atoms with Crippen molar-refractivity contribution in [3.63, 3.8) is 0 Å². The highest BCUT2D eigenvalue weighted by atomic mass is 35.5. The molecule has 0 radical (unpaired) electrons. The molecule has 1 heterocycles. The van der Waals surface area contributed by atoms with Gasteiger partial charge in [0.1, 0.15) is 0 Å². The van der Waals surface area contributed by atoms with Crippen LogP contribution in [-0.4, -0.2) is 27.2 Å².